The molecular formula is C44H56IN12Na. The third-order valence-electron chi connectivity index (χ3n) is 8.91. The van der Waals surface area contributed by atoms with Crippen molar-refractivity contribution in [1.82, 2.24) is 58.7 Å². The number of aryl methyl sites for hydroxylation is 12. The molecule has 0 spiro atoms. The van der Waals surface area contributed by atoms with Gasteiger partial charge >= 0.3 is 29.6 Å². The zero-order valence-corrected chi connectivity index (χ0v) is 40.4. The number of aromatic nitrogens is 12. The van der Waals surface area contributed by atoms with Crippen LogP contribution in [0.4, 0.5) is 0 Å². The SMILES string of the molecule is Cc1cc(C)n(C(n2nc(C)cc2C)n2nc(C)cc2C)n1.Cc1cc(C)n(C(n2nc(C)cc2C)n2nc(C)cc2C)n1.[I-].[Na+].c1ccccc1.c1ccccc1. The molecule has 6 heterocycles. The van der Waals surface area contributed by atoms with Gasteiger partial charge < -0.3 is 24.0 Å². The summed E-state index contributed by atoms with van der Waals surface area (Å²) in [5.41, 5.74) is 12.5. The van der Waals surface area contributed by atoms with Crippen molar-refractivity contribution in [3.63, 3.8) is 0 Å². The molecule has 8 rings (SSSR count). The summed E-state index contributed by atoms with van der Waals surface area (Å²) in [5, 5.41) is 28.0. The molecule has 6 aromatic heterocycles. The van der Waals surface area contributed by atoms with Crippen LogP contribution in [-0.2, 0) is 0 Å². The van der Waals surface area contributed by atoms with Crippen molar-refractivity contribution in [2.24, 2.45) is 0 Å². The molecule has 0 aliphatic heterocycles. The van der Waals surface area contributed by atoms with Crippen LogP contribution in [0, 0.1) is 83.1 Å². The average molecular weight is 903 g/mol. The fourth-order valence-corrected chi connectivity index (χ4v) is 6.67. The van der Waals surface area contributed by atoms with Crippen molar-refractivity contribution in [2.75, 3.05) is 0 Å². The predicted molar refractivity (Wildman–Crippen MR) is 223 cm³/mol. The third-order valence-corrected chi connectivity index (χ3v) is 8.91. The molecule has 0 amide bonds. The second kappa shape index (κ2) is 22.0. The fraction of sp³-hybridized carbons (Fsp3) is 0.318. The molecule has 14 heteroatoms. The van der Waals surface area contributed by atoms with Crippen LogP contribution in [-0.4, -0.2) is 58.7 Å². The van der Waals surface area contributed by atoms with Gasteiger partial charge in [0.15, 0.2) is 0 Å². The van der Waals surface area contributed by atoms with E-state index in [1.165, 1.54) is 0 Å². The molecule has 0 radical (unpaired) electrons. The maximum atomic E-state index is 4.66. The van der Waals surface area contributed by atoms with E-state index in [1.807, 2.05) is 142 Å². The number of benzene rings is 2. The molecule has 0 saturated heterocycles. The summed E-state index contributed by atoms with van der Waals surface area (Å²) in [6.45, 7) is 24.4. The first-order valence-corrected chi connectivity index (χ1v) is 18.9. The Morgan fingerprint density at radius 3 is 0.483 bits per heavy atom. The molecule has 58 heavy (non-hydrogen) atoms. The van der Waals surface area contributed by atoms with E-state index in [1.54, 1.807) is 0 Å². The molecule has 0 aliphatic carbocycles. The number of halogens is 1. The van der Waals surface area contributed by atoms with Gasteiger partial charge in [-0.15, -0.1) is 0 Å². The minimum Gasteiger partial charge on any atom is -1.00 e. The molecular weight excluding hydrogens is 846 g/mol. The minimum atomic E-state index is -0.226. The van der Waals surface area contributed by atoms with Crippen LogP contribution in [0.15, 0.2) is 109 Å². The molecule has 0 N–H and O–H groups in total. The van der Waals surface area contributed by atoms with Crippen LogP contribution < -0.4 is 53.5 Å². The molecule has 0 aliphatic rings. The second-order valence-electron chi connectivity index (χ2n) is 14.2. The Balaban J connectivity index is 0.000000235. The van der Waals surface area contributed by atoms with Crippen LogP contribution in [0.3, 0.4) is 0 Å². The van der Waals surface area contributed by atoms with Crippen molar-refractivity contribution >= 4 is 0 Å². The normalized spacial score (nSPS) is 10.4. The van der Waals surface area contributed by atoms with E-state index < -0.39 is 0 Å². The van der Waals surface area contributed by atoms with Crippen molar-refractivity contribution in [2.45, 2.75) is 95.7 Å². The maximum absolute atomic E-state index is 4.66. The van der Waals surface area contributed by atoms with Gasteiger partial charge in [0, 0.05) is 34.2 Å². The van der Waals surface area contributed by atoms with Gasteiger partial charge in [-0.1, -0.05) is 72.8 Å². The summed E-state index contributed by atoms with van der Waals surface area (Å²) < 4.78 is 11.9. The van der Waals surface area contributed by atoms with E-state index in [9.17, 15) is 0 Å². The third kappa shape index (κ3) is 12.2. The minimum absolute atomic E-state index is 0. The molecule has 0 fully saturated rings. The van der Waals surface area contributed by atoms with Gasteiger partial charge in [-0.25, -0.2) is 28.1 Å². The van der Waals surface area contributed by atoms with E-state index >= 15 is 0 Å². The summed E-state index contributed by atoms with van der Waals surface area (Å²) in [6.07, 6.45) is -0.452. The van der Waals surface area contributed by atoms with Gasteiger partial charge in [0.1, 0.15) is 0 Å². The Hall–Kier alpha value is -4.57. The topological polar surface area (TPSA) is 107 Å². The summed E-state index contributed by atoms with van der Waals surface area (Å²) in [5.74, 6) is 0. The first-order chi connectivity index (χ1) is 26.7. The Labute approximate surface area is 382 Å². The zero-order valence-electron chi connectivity index (χ0n) is 36.3. The Kier molecular flexibility index (Phi) is 18.1. The Morgan fingerprint density at radius 1 is 0.276 bits per heavy atom. The molecule has 2 aromatic carbocycles. The molecule has 300 valence electrons. The molecule has 12 nitrogen and oxygen atoms in total. The largest absolute Gasteiger partial charge is 1.00 e. The summed E-state index contributed by atoms with van der Waals surface area (Å²) >= 11 is 0. The average Bonchev–Trinajstić information content (AvgIpc) is 4.00. The quantitative estimate of drug-likeness (QED) is 0.188. The second-order valence-corrected chi connectivity index (χ2v) is 14.2. The standard InChI is InChI=1S/2C16H22N6.2C6H6.HI.Na/c2*1-10-7-13(4)20(17-10)16(21-14(5)8-11(2)18-21)22-15(6)9-12(3)19-22;2*1-2-4-6-5-3-1;;/h2*7-9,16H,1-6H3;2*1-6H;1H;/q;;;;;+1/p-1. The zero-order chi connectivity index (χ0) is 40.5. The molecule has 0 atom stereocenters. The number of rotatable bonds is 6. The summed E-state index contributed by atoms with van der Waals surface area (Å²) in [4.78, 5) is 0. The van der Waals surface area contributed by atoms with E-state index in [2.05, 4.69) is 109 Å². The van der Waals surface area contributed by atoms with Gasteiger partial charge in [0.25, 0.3) is 0 Å². The summed E-state index contributed by atoms with van der Waals surface area (Å²) in [6, 6.07) is 36.4. The summed E-state index contributed by atoms with van der Waals surface area (Å²) in [7, 11) is 0. The molecule has 0 unspecified atom stereocenters. The Morgan fingerprint density at radius 2 is 0.397 bits per heavy atom. The number of hydrogen-bond acceptors (Lipinski definition) is 6. The van der Waals surface area contributed by atoms with E-state index in [0.29, 0.717) is 0 Å². The van der Waals surface area contributed by atoms with Crippen LogP contribution in [0.2, 0.25) is 0 Å². The monoisotopic (exact) mass is 902 g/mol. The smallest absolute Gasteiger partial charge is 1.00 e. The maximum Gasteiger partial charge on any atom is 1.00 e. The van der Waals surface area contributed by atoms with Crippen molar-refractivity contribution < 1.29 is 53.5 Å². The van der Waals surface area contributed by atoms with Crippen LogP contribution >= 0.6 is 0 Å². The molecule has 0 bridgehead atoms. The number of nitrogens with zero attached hydrogens (tertiary/aromatic N) is 12. The van der Waals surface area contributed by atoms with Gasteiger partial charge in [-0.3, -0.25) is 0 Å². The number of hydrogen-bond donors (Lipinski definition) is 0. The fourth-order valence-electron chi connectivity index (χ4n) is 6.67. The van der Waals surface area contributed by atoms with Gasteiger partial charge in [-0.2, -0.15) is 30.6 Å². The van der Waals surface area contributed by atoms with Crippen molar-refractivity contribution in [3.05, 3.63) is 178 Å². The van der Waals surface area contributed by atoms with Gasteiger partial charge in [-0.05, 0) is 119 Å². The van der Waals surface area contributed by atoms with Crippen molar-refractivity contribution in [3.8, 4) is 0 Å². The van der Waals surface area contributed by atoms with Crippen LogP contribution in [0.5, 0.6) is 0 Å². The van der Waals surface area contributed by atoms with Gasteiger partial charge in [0.05, 0.1) is 34.2 Å². The van der Waals surface area contributed by atoms with Crippen molar-refractivity contribution in [1.29, 1.82) is 0 Å². The molecule has 8 aromatic rings. The molecule has 0 saturated carbocycles. The van der Waals surface area contributed by atoms with E-state index in [4.69, 9.17) is 0 Å². The predicted octanol–water partition coefficient (Wildman–Crippen LogP) is 2.74. The van der Waals surface area contributed by atoms with Crippen LogP contribution in [0.25, 0.3) is 0 Å². The van der Waals surface area contributed by atoms with E-state index in [-0.39, 0.29) is 66.1 Å². The van der Waals surface area contributed by atoms with Gasteiger partial charge in [0.2, 0.25) is 12.6 Å². The first-order valence-electron chi connectivity index (χ1n) is 18.9. The first kappa shape index (κ1) is 47.8. The van der Waals surface area contributed by atoms with Crippen LogP contribution in [0.1, 0.15) is 80.9 Å². The van der Waals surface area contributed by atoms with E-state index in [0.717, 1.165) is 68.3 Å². The Bertz CT molecular complexity index is 1990.